The summed E-state index contributed by atoms with van der Waals surface area (Å²) in [7, 11) is 3.12. The maximum Gasteiger partial charge on any atom is 0.189 e. The number of ketones is 1. The van der Waals surface area contributed by atoms with Crippen LogP contribution in [0.4, 0.5) is 0 Å². The zero-order chi connectivity index (χ0) is 16.1. The summed E-state index contributed by atoms with van der Waals surface area (Å²) in [5, 5.41) is 9.92. The molecule has 0 aliphatic heterocycles. The number of aromatic hydroxyl groups is 1. The van der Waals surface area contributed by atoms with Gasteiger partial charge in [0.25, 0.3) is 0 Å². The third kappa shape index (κ3) is 3.28. The van der Waals surface area contributed by atoms with E-state index in [2.05, 4.69) is 0 Å². The highest BCUT2D eigenvalue weighted by molar-refractivity contribution is 6.08. The number of aryl methyl sites for hydroxylation is 1. The highest BCUT2D eigenvalue weighted by atomic mass is 16.5. The van der Waals surface area contributed by atoms with Crippen LogP contribution in [0.5, 0.6) is 17.2 Å². The van der Waals surface area contributed by atoms with E-state index in [1.807, 2.05) is 6.07 Å². The van der Waals surface area contributed by atoms with Crippen molar-refractivity contribution in [1.29, 1.82) is 0 Å². The summed E-state index contributed by atoms with van der Waals surface area (Å²) in [6.45, 7) is 1.75. The summed E-state index contributed by atoms with van der Waals surface area (Å²) < 4.78 is 10.4. The van der Waals surface area contributed by atoms with Crippen LogP contribution < -0.4 is 9.47 Å². The number of phenols is 1. The number of hydrogen-bond donors (Lipinski definition) is 1. The lowest BCUT2D eigenvalue weighted by Gasteiger charge is -2.07. The summed E-state index contributed by atoms with van der Waals surface area (Å²) >= 11 is 0. The van der Waals surface area contributed by atoms with Crippen molar-refractivity contribution in [2.45, 2.75) is 6.92 Å². The number of methoxy groups -OCH3 is 2. The Bertz CT molecular complexity index is 717. The minimum absolute atomic E-state index is 0.0180. The average Bonchev–Trinajstić information content (AvgIpc) is 2.54. The van der Waals surface area contributed by atoms with Crippen LogP contribution >= 0.6 is 0 Å². The van der Waals surface area contributed by atoms with E-state index in [1.54, 1.807) is 57.6 Å². The van der Waals surface area contributed by atoms with Gasteiger partial charge in [0.05, 0.1) is 19.8 Å². The van der Waals surface area contributed by atoms with E-state index in [-0.39, 0.29) is 17.1 Å². The molecule has 0 unspecified atom stereocenters. The molecule has 2 rings (SSSR count). The first-order chi connectivity index (χ1) is 10.6. The largest absolute Gasteiger partial charge is 0.507 e. The number of carbonyl (C=O) groups excluding carboxylic acids is 1. The number of allylic oxidation sites excluding steroid dienone is 1. The smallest absolute Gasteiger partial charge is 0.189 e. The molecular formula is C18H18O4. The monoisotopic (exact) mass is 298 g/mol. The molecule has 0 aromatic heterocycles. The fourth-order valence-corrected chi connectivity index (χ4v) is 2.08. The maximum atomic E-state index is 12.2. The van der Waals surface area contributed by atoms with Crippen LogP contribution in [0.15, 0.2) is 42.5 Å². The van der Waals surface area contributed by atoms with Crippen molar-refractivity contribution in [1.82, 2.24) is 0 Å². The first-order valence-electron chi connectivity index (χ1n) is 6.80. The number of ether oxygens (including phenoxy) is 2. The molecule has 0 radical (unpaired) electrons. The summed E-state index contributed by atoms with van der Waals surface area (Å²) in [4.78, 5) is 12.2. The number of hydrogen-bond acceptors (Lipinski definition) is 4. The van der Waals surface area contributed by atoms with Gasteiger partial charge in [-0.15, -0.1) is 0 Å². The van der Waals surface area contributed by atoms with Crippen molar-refractivity contribution in [2.75, 3.05) is 14.2 Å². The Morgan fingerprint density at radius 1 is 1.09 bits per heavy atom. The number of phenolic OH excluding ortho intramolecular Hbond substituents is 1. The highest BCUT2D eigenvalue weighted by Crippen LogP contribution is 2.28. The Hall–Kier alpha value is -2.75. The summed E-state index contributed by atoms with van der Waals surface area (Å²) in [6, 6.07) is 10.5. The molecular weight excluding hydrogens is 280 g/mol. The lowest BCUT2D eigenvalue weighted by molar-refractivity contribution is 0.104. The maximum absolute atomic E-state index is 12.2. The Morgan fingerprint density at radius 3 is 2.50 bits per heavy atom. The molecule has 0 heterocycles. The molecule has 0 aliphatic carbocycles. The van der Waals surface area contributed by atoms with E-state index in [4.69, 9.17) is 9.47 Å². The minimum atomic E-state index is -0.254. The van der Waals surface area contributed by atoms with Gasteiger partial charge in [0.2, 0.25) is 0 Å². The number of rotatable bonds is 5. The van der Waals surface area contributed by atoms with Gasteiger partial charge in [-0.1, -0.05) is 24.3 Å². The number of benzene rings is 2. The molecule has 22 heavy (non-hydrogen) atoms. The van der Waals surface area contributed by atoms with E-state index in [0.29, 0.717) is 17.1 Å². The molecule has 4 heteroatoms. The zero-order valence-electron chi connectivity index (χ0n) is 12.8. The van der Waals surface area contributed by atoms with Crippen molar-refractivity contribution >= 4 is 11.9 Å². The first-order valence-corrected chi connectivity index (χ1v) is 6.80. The fourth-order valence-electron chi connectivity index (χ4n) is 2.08. The van der Waals surface area contributed by atoms with Gasteiger partial charge in [0.15, 0.2) is 17.3 Å². The molecule has 4 nitrogen and oxygen atoms in total. The van der Waals surface area contributed by atoms with Gasteiger partial charge in [-0.2, -0.15) is 0 Å². The Kier molecular flexibility index (Phi) is 4.84. The van der Waals surface area contributed by atoms with Crippen LogP contribution in [-0.4, -0.2) is 25.1 Å². The number of para-hydroxylation sites is 1. The van der Waals surface area contributed by atoms with Crippen molar-refractivity contribution in [2.24, 2.45) is 0 Å². The minimum Gasteiger partial charge on any atom is -0.507 e. The molecule has 0 spiro atoms. The molecule has 0 fully saturated rings. The summed E-state index contributed by atoms with van der Waals surface area (Å²) in [6.07, 6.45) is 3.10. The van der Waals surface area contributed by atoms with Crippen LogP contribution in [0.3, 0.4) is 0 Å². The quantitative estimate of drug-likeness (QED) is 0.676. The molecule has 2 aromatic carbocycles. The topological polar surface area (TPSA) is 55.8 Å². The molecule has 0 bridgehead atoms. The van der Waals surface area contributed by atoms with E-state index in [9.17, 15) is 9.90 Å². The molecule has 1 N–H and O–H groups in total. The van der Waals surface area contributed by atoms with Gasteiger partial charge in [0, 0.05) is 0 Å². The predicted molar refractivity (Wildman–Crippen MR) is 85.8 cm³/mol. The van der Waals surface area contributed by atoms with E-state index in [0.717, 1.165) is 5.56 Å². The second-order valence-electron chi connectivity index (χ2n) is 4.78. The van der Waals surface area contributed by atoms with Crippen molar-refractivity contribution in [3.8, 4) is 17.2 Å². The SMILES string of the molecule is COc1ccc(C=CC(=O)c2cccc(C)c2O)cc1OC. The normalized spacial score (nSPS) is 10.7. The second-order valence-corrected chi connectivity index (χ2v) is 4.78. The lowest BCUT2D eigenvalue weighted by atomic mass is 10.0. The standard InChI is InChI=1S/C18H18O4/c1-12-5-4-6-14(18(12)20)15(19)9-7-13-8-10-16(21-2)17(11-13)22-3/h4-11,20H,1-3H3. The molecule has 0 atom stereocenters. The molecule has 0 aliphatic rings. The van der Waals surface area contributed by atoms with E-state index < -0.39 is 0 Å². The van der Waals surface area contributed by atoms with Gasteiger partial charge in [-0.25, -0.2) is 0 Å². The average molecular weight is 298 g/mol. The molecule has 0 saturated heterocycles. The Morgan fingerprint density at radius 2 is 1.82 bits per heavy atom. The Labute approximate surface area is 129 Å². The summed E-state index contributed by atoms with van der Waals surface area (Å²) in [5.74, 6) is 0.984. The van der Waals surface area contributed by atoms with Crippen LogP contribution in [-0.2, 0) is 0 Å². The van der Waals surface area contributed by atoms with E-state index in [1.165, 1.54) is 6.08 Å². The van der Waals surface area contributed by atoms with Crippen molar-refractivity contribution < 1.29 is 19.4 Å². The molecule has 2 aromatic rings. The fraction of sp³-hybridized carbons (Fsp3) is 0.167. The van der Waals surface area contributed by atoms with Gasteiger partial charge >= 0.3 is 0 Å². The number of carbonyl (C=O) groups is 1. The van der Waals surface area contributed by atoms with Crippen LogP contribution in [0.25, 0.3) is 6.08 Å². The molecule has 0 amide bonds. The molecule has 114 valence electrons. The zero-order valence-corrected chi connectivity index (χ0v) is 12.8. The summed E-state index contributed by atoms with van der Waals surface area (Å²) in [5.41, 5.74) is 1.76. The third-order valence-electron chi connectivity index (χ3n) is 3.34. The lowest BCUT2D eigenvalue weighted by Crippen LogP contribution is -1.96. The van der Waals surface area contributed by atoms with Gasteiger partial charge in [-0.05, 0) is 42.3 Å². The Balaban J connectivity index is 2.24. The molecule has 0 saturated carbocycles. The van der Waals surface area contributed by atoms with Gasteiger partial charge in [0.1, 0.15) is 5.75 Å². The van der Waals surface area contributed by atoms with Crippen LogP contribution in [0.2, 0.25) is 0 Å². The van der Waals surface area contributed by atoms with Crippen molar-refractivity contribution in [3.63, 3.8) is 0 Å². The van der Waals surface area contributed by atoms with Crippen LogP contribution in [0, 0.1) is 6.92 Å². The second kappa shape index (κ2) is 6.80. The van der Waals surface area contributed by atoms with Gasteiger partial charge < -0.3 is 14.6 Å². The van der Waals surface area contributed by atoms with Gasteiger partial charge in [-0.3, -0.25) is 4.79 Å². The highest BCUT2D eigenvalue weighted by Gasteiger charge is 2.09. The van der Waals surface area contributed by atoms with Crippen LogP contribution in [0.1, 0.15) is 21.5 Å². The van der Waals surface area contributed by atoms with Crippen molar-refractivity contribution in [3.05, 3.63) is 59.2 Å². The third-order valence-corrected chi connectivity index (χ3v) is 3.34. The first kappa shape index (κ1) is 15.6. The predicted octanol–water partition coefficient (Wildman–Crippen LogP) is 3.61. The van der Waals surface area contributed by atoms with E-state index >= 15 is 0 Å².